The summed E-state index contributed by atoms with van der Waals surface area (Å²) in [5.74, 6) is -2.99. The van der Waals surface area contributed by atoms with Crippen molar-refractivity contribution in [2.24, 2.45) is 0 Å². The van der Waals surface area contributed by atoms with Gasteiger partial charge in [0.25, 0.3) is 11.8 Å². The van der Waals surface area contributed by atoms with Crippen molar-refractivity contribution in [1.82, 2.24) is 14.9 Å². The zero-order valence-electron chi connectivity index (χ0n) is 16.9. The van der Waals surface area contributed by atoms with Crippen LogP contribution in [0.15, 0.2) is 54.9 Å². The summed E-state index contributed by atoms with van der Waals surface area (Å²) in [5, 5.41) is 3.40. The summed E-state index contributed by atoms with van der Waals surface area (Å²) in [7, 11) is 1.70. The van der Waals surface area contributed by atoms with Gasteiger partial charge in [-0.25, -0.2) is 9.97 Å². The predicted molar refractivity (Wildman–Crippen MR) is 110 cm³/mol. The summed E-state index contributed by atoms with van der Waals surface area (Å²) >= 11 is 0. The van der Waals surface area contributed by atoms with Gasteiger partial charge in [-0.3, -0.25) is 4.79 Å². The molecule has 152 valence electrons. The Hall–Kier alpha value is -3.09. The first-order valence-electron chi connectivity index (χ1n) is 9.30. The van der Waals surface area contributed by atoms with Crippen LogP contribution in [0.2, 0.25) is 0 Å². The fourth-order valence-corrected chi connectivity index (χ4v) is 2.80. The number of aromatic nitrogens is 2. The first kappa shape index (κ1) is 20.6. The van der Waals surface area contributed by atoms with Crippen LogP contribution in [0.25, 0.3) is 10.9 Å². The Labute approximate surface area is 168 Å². The summed E-state index contributed by atoms with van der Waals surface area (Å²) in [6.45, 7) is 5.12. The van der Waals surface area contributed by atoms with Gasteiger partial charge in [0.1, 0.15) is 12.1 Å². The number of hydrogen-bond donors (Lipinski definition) is 1. The smallest absolute Gasteiger partial charge is 0.290 e. The van der Waals surface area contributed by atoms with Crippen LogP contribution < -0.4 is 5.32 Å². The van der Waals surface area contributed by atoms with Crippen molar-refractivity contribution in [1.29, 1.82) is 0 Å². The van der Waals surface area contributed by atoms with Gasteiger partial charge >= 0.3 is 0 Å². The Balaban J connectivity index is 1.75. The van der Waals surface area contributed by atoms with Gasteiger partial charge in [0.15, 0.2) is 0 Å². The van der Waals surface area contributed by atoms with Crippen LogP contribution in [0.4, 0.5) is 14.6 Å². The lowest BCUT2D eigenvalue weighted by atomic mass is 10.0. The minimum Gasteiger partial charge on any atom is -0.363 e. The maximum Gasteiger partial charge on any atom is 0.290 e. The SMILES string of the molecule is CN(C(=O)c1ccc(C(F)(F)CNc2ncnc3ccccc23)cc1)C(C)(C)C. The number of hydrogen-bond acceptors (Lipinski definition) is 4. The van der Waals surface area contributed by atoms with E-state index in [9.17, 15) is 13.6 Å². The first-order chi connectivity index (χ1) is 13.6. The second-order valence-corrected chi connectivity index (χ2v) is 7.91. The van der Waals surface area contributed by atoms with E-state index in [4.69, 9.17) is 0 Å². The summed E-state index contributed by atoms with van der Waals surface area (Å²) in [5.41, 5.74) is 0.526. The molecule has 0 aliphatic carbocycles. The molecule has 0 aliphatic heterocycles. The molecule has 0 aliphatic rings. The van der Waals surface area contributed by atoms with Gasteiger partial charge in [0, 0.05) is 29.1 Å². The average Bonchev–Trinajstić information content (AvgIpc) is 2.70. The number of para-hydroxylation sites is 1. The number of nitrogens with zero attached hydrogens (tertiary/aromatic N) is 3. The molecule has 1 amide bonds. The highest BCUT2D eigenvalue weighted by molar-refractivity contribution is 5.94. The third-order valence-electron chi connectivity index (χ3n) is 4.89. The number of carbonyl (C=O) groups is 1. The standard InChI is InChI=1S/C22H24F2N4O/c1-21(2,3)28(4)20(29)15-9-11-16(12-10-15)22(23,24)13-25-19-17-7-5-6-8-18(17)26-14-27-19/h5-12,14H,13H2,1-4H3,(H,25,26,27). The van der Waals surface area contributed by atoms with Crippen LogP contribution in [-0.4, -0.2) is 39.9 Å². The average molecular weight is 398 g/mol. The predicted octanol–water partition coefficient (Wildman–Crippen LogP) is 4.70. The van der Waals surface area contributed by atoms with E-state index in [1.165, 1.54) is 30.6 Å². The number of nitrogens with one attached hydrogen (secondary N) is 1. The Bertz CT molecular complexity index is 1010. The van der Waals surface area contributed by atoms with Crippen molar-refractivity contribution in [2.45, 2.75) is 32.2 Å². The lowest BCUT2D eigenvalue weighted by Crippen LogP contribution is -2.42. The highest BCUT2D eigenvalue weighted by Gasteiger charge is 2.32. The molecule has 0 saturated heterocycles. The third-order valence-corrected chi connectivity index (χ3v) is 4.89. The fraction of sp³-hybridized carbons (Fsp3) is 0.318. The van der Waals surface area contributed by atoms with E-state index in [2.05, 4.69) is 15.3 Å². The number of benzene rings is 2. The number of anilines is 1. The number of amides is 1. The number of fused-ring (bicyclic) bond motifs is 1. The van der Waals surface area contributed by atoms with E-state index in [1.807, 2.05) is 26.8 Å². The molecule has 0 spiro atoms. The van der Waals surface area contributed by atoms with Crippen LogP contribution >= 0.6 is 0 Å². The number of rotatable bonds is 5. The van der Waals surface area contributed by atoms with Crippen LogP contribution in [0.5, 0.6) is 0 Å². The topological polar surface area (TPSA) is 58.1 Å². The maximum absolute atomic E-state index is 14.7. The largest absolute Gasteiger partial charge is 0.363 e. The Morgan fingerprint density at radius 1 is 1.03 bits per heavy atom. The summed E-state index contributed by atoms with van der Waals surface area (Å²) < 4.78 is 29.4. The van der Waals surface area contributed by atoms with Crippen LogP contribution in [-0.2, 0) is 5.92 Å². The van der Waals surface area contributed by atoms with E-state index in [-0.39, 0.29) is 17.0 Å². The molecule has 0 atom stereocenters. The lowest BCUT2D eigenvalue weighted by molar-refractivity contribution is 0.0105. The van der Waals surface area contributed by atoms with E-state index >= 15 is 0 Å². The molecule has 2 aromatic carbocycles. The van der Waals surface area contributed by atoms with E-state index in [1.54, 1.807) is 30.1 Å². The quantitative estimate of drug-likeness (QED) is 0.677. The fourth-order valence-electron chi connectivity index (χ4n) is 2.80. The molecule has 0 saturated carbocycles. The molecule has 1 aromatic heterocycles. The molecule has 5 nitrogen and oxygen atoms in total. The van der Waals surface area contributed by atoms with Crippen molar-refractivity contribution in [2.75, 3.05) is 18.9 Å². The second kappa shape index (κ2) is 7.73. The Kier molecular flexibility index (Phi) is 5.50. The Morgan fingerprint density at radius 3 is 2.34 bits per heavy atom. The van der Waals surface area contributed by atoms with Crippen molar-refractivity contribution < 1.29 is 13.6 Å². The molecule has 29 heavy (non-hydrogen) atoms. The first-order valence-corrected chi connectivity index (χ1v) is 9.30. The van der Waals surface area contributed by atoms with Crippen molar-refractivity contribution >= 4 is 22.6 Å². The highest BCUT2D eigenvalue weighted by Crippen LogP contribution is 2.30. The van der Waals surface area contributed by atoms with E-state index in [0.29, 0.717) is 22.3 Å². The zero-order valence-corrected chi connectivity index (χ0v) is 16.9. The van der Waals surface area contributed by atoms with Crippen LogP contribution in [0.1, 0.15) is 36.7 Å². The maximum atomic E-state index is 14.7. The van der Waals surface area contributed by atoms with Crippen LogP contribution in [0, 0.1) is 0 Å². The van der Waals surface area contributed by atoms with Gasteiger partial charge in [-0.1, -0.05) is 24.3 Å². The van der Waals surface area contributed by atoms with Gasteiger partial charge in [-0.05, 0) is 45.0 Å². The summed E-state index contributed by atoms with van der Waals surface area (Å²) in [4.78, 5) is 22.3. The molecule has 0 fully saturated rings. The number of halogens is 2. The molecular weight excluding hydrogens is 374 g/mol. The van der Waals surface area contributed by atoms with Crippen LogP contribution in [0.3, 0.4) is 0 Å². The number of alkyl halides is 2. The molecule has 0 unspecified atom stereocenters. The monoisotopic (exact) mass is 398 g/mol. The molecule has 0 radical (unpaired) electrons. The molecular formula is C22H24F2N4O. The van der Waals surface area contributed by atoms with Crippen molar-refractivity contribution in [3.63, 3.8) is 0 Å². The summed E-state index contributed by atoms with van der Waals surface area (Å²) in [6, 6.07) is 12.7. The van der Waals surface area contributed by atoms with E-state index in [0.717, 1.165) is 0 Å². The minimum atomic E-state index is -3.14. The van der Waals surface area contributed by atoms with Crippen molar-refractivity contribution in [3.05, 3.63) is 66.0 Å². The van der Waals surface area contributed by atoms with Gasteiger partial charge in [-0.15, -0.1) is 0 Å². The van der Waals surface area contributed by atoms with Gasteiger partial charge in [0.05, 0.1) is 12.1 Å². The second-order valence-electron chi connectivity index (χ2n) is 7.91. The Morgan fingerprint density at radius 2 is 1.69 bits per heavy atom. The summed E-state index contributed by atoms with van der Waals surface area (Å²) in [6.07, 6.45) is 1.34. The highest BCUT2D eigenvalue weighted by atomic mass is 19.3. The van der Waals surface area contributed by atoms with Gasteiger partial charge in [0.2, 0.25) is 0 Å². The van der Waals surface area contributed by atoms with Crippen molar-refractivity contribution in [3.8, 4) is 0 Å². The zero-order chi connectivity index (χ0) is 21.2. The number of carbonyl (C=O) groups excluding carboxylic acids is 1. The van der Waals surface area contributed by atoms with E-state index < -0.39 is 12.5 Å². The van der Waals surface area contributed by atoms with Gasteiger partial charge in [-0.2, -0.15) is 8.78 Å². The minimum absolute atomic E-state index is 0.168. The molecule has 3 aromatic rings. The molecule has 1 heterocycles. The lowest BCUT2D eigenvalue weighted by Gasteiger charge is -2.32. The third kappa shape index (κ3) is 4.50. The normalized spacial score (nSPS) is 12.1. The molecule has 3 rings (SSSR count). The van der Waals surface area contributed by atoms with Gasteiger partial charge < -0.3 is 10.2 Å². The molecule has 1 N–H and O–H groups in total. The molecule has 0 bridgehead atoms. The molecule has 7 heteroatoms.